The molecule has 0 aliphatic carbocycles. The number of hydrogen-bond donors (Lipinski definition) is 1. The molecule has 0 amide bonds. The molecule has 0 aromatic heterocycles. The van der Waals surface area contributed by atoms with E-state index < -0.39 is 15.8 Å². The molecule has 1 heterocycles. The second-order valence-corrected chi connectivity index (χ2v) is 7.21. The van der Waals surface area contributed by atoms with Crippen molar-refractivity contribution in [2.45, 2.75) is 20.3 Å². The second-order valence-electron chi connectivity index (χ2n) is 4.74. The van der Waals surface area contributed by atoms with Crippen molar-refractivity contribution in [2.75, 3.05) is 31.1 Å². The van der Waals surface area contributed by atoms with E-state index in [2.05, 4.69) is 4.90 Å². The number of carboxylic acid groups (broad SMARTS) is 1. The fourth-order valence-electron chi connectivity index (χ4n) is 1.96. The lowest BCUT2D eigenvalue weighted by Gasteiger charge is -2.41. The van der Waals surface area contributed by atoms with E-state index in [4.69, 9.17) is 5.11 Å². The van der Waals surface area contributed by atoms with Crippen LogP contribution in [0.15, 0.2) is 0 Å². The predicted molar refractivity (Wildman–Crippen MR) is 65.7 cm³/mol. The Hall–Kier alpha value is -0.620. The van der Waals surface area contributed by atoms with Gasteiger partial charge in [-0.25, -0.2) is 8.42 Å². The van der Waals surface area contributed by atoms with Crippen LogP contribution in [0.2, 0.25) is 0 Å². The van der Waals surface area contributed by atoms with Crippen molar-refractivity contribution in [3.8, 4) is 0 Å². The molecule has 1 rings (SSSR count). The largest absolute Gasteiger partial charge is 0.481 e. The maximum atomic E-state index is 11.3. The minimum absolute atomic E-state index is 0.200. The minimum atomic E-state index is -2.86. The zero-order valence-corrected chi connectivity index (χ0v) is 11.2. The number of aliphatic carboxylic acids is 1. The standard InChI is InChI=1S/C11H21NO4S/c1-3-17(15,16)6-4-5-12-7-10(8-12)9(2)11(13)14/h9-10H,3-8H2,1-2H3,(H,13,14). The molecule has 1 unspecified atom stereocenters. The van der Waals surface area contributed by atoms with Gasteiger partial charge in [0.25, 0.3) is 0 Å². The number of likely N-dealkylation sites (tertiary alicyclic amines) is 1. The second kappa shape index (κ2) is 5.82. The Morgan fingerprint density at radius 2 is 2.06 bits per heavy atom. The summed E-state index contributed by atoms with van der Waals surface area (Å²) in [4.78, 5) is 12.8. The molecular formula is C11H21NO4S. The summed E-state index contributed by atoms with van der Waals surface area (Å²) in [6.07, 6.45) is 0.643. The van der Waals surface area contributed by atoms with Gasteiger partial charge in [0.1, 0.15) is 9.84 Å². The number of nitrogens with zero attached hydrogens (tertiary/aromatic N) is 1. The fourth-order valence-corrected chi connectivity index (χ4v) is 2.82. The van der Waals surface area contributed by atoms with Crippen molar-refractivity contribution in [3.63, 3.8) is 0 Å². The molecule has 1 N–H and O–H groups in total. The molecule has 1 atom stereocenters. The van der Waals surface area contributed by atoms with Gasteiger partial charge in [0.15, 0.2) is 0 Å². The summed E-state index contributed by atoms with van der Waals surface area (Å²) < 4.78 is 22.5. The quantitative estimate of drug-likeness (QED) is 0.722. The predicted octanol–water partition coefficient (Wildman–Crippen LogP) is 0.464. The summed E-state index contributed by atoms with van der Waals surface area (Å²) in [6.45, 7) is 5.69. The van der Waals surface area contributed by atoms with Gasteiger partial charge in [-0.3, -0.25) is 4.79 Å². The van der Waals surface area contributed by atoms with Crippen LogP contribution in [0.3, 0.4) is 0 Å². The summed E-state index contributed by atoms with van der Waals surface area (Å²) in [5, 5.41) is 8.82. The first-order valence-electron chi connectivity index (χ1n) is 6.01. The van der Waals surface area contributed by atoms with E-state index in [0.29, 0.717) is 6.42 Å². The Morgan fingerprint density at radius 3 is 2.53 bits per heavy atom. The molecule has 0 saturated carbocycles. The maximum Gasteiger partial charge on any atom is 0.306 e. The van der Waals surface area contributed by atoms with E-state index in [1.165, 1.54) is 0 Å². The molecule has 0 aromatic rings. The van der Waals surface area contributed by atoms with Gasteiger partial charge in [0.2, 0.25) is 0 Å². The third kappa shape index (κ3) is 4.27. The summed E-state index contributed by atoms with van der Waals surface area (Å²) >= 11 is 0. The van der Waals surface area contributed by atoms with Crippen molar-refractivity contribution in [3.05, 3.63) is 0 Å². The van der Waals surface area contributed by atoms with Crippen LogP contribution < -0.4 is 0 Å². The average Bonchev–Trinajstić information content (AvgIpc) is 2.20. The lowest BCUT2D eigenvalue weighted by molar-refractivity contribution is -0.145. The molecule has 5 nitrogen and oxygen atoms in total. The van der Waals surface area contributed by atoms with Gasteiger partial charge in [0.05, 0.1) is 11.7 Å². The van der Waals surface area contributed by atoms with Crippen LogP contribution in [-0.4, -0.2) is 55.5 Å². The van der Waals surface area contributed by atoms with Gasteiger partial charge < -0.3 is 10.0 Å². The van der Waals surface area contributed by atoms with Gasteiger partial charge in [-0.2, -0.15) is 0 Å². The molecule has 0 bridgehead atoms. The van der Waals surface area contributed by atoms with Crippen molar-refractivity contribution >= 4 is 15.8 Å². The van der Waals surface area contributed by atoms with Crippen LogP contribution in [0.1, 0.15) is 20.3 Å². The van der Waals surface area contributed by atoms with E-state index >= 15 is 0 Å². The Kier molecular flexibility index (Phi) is 4.94. The Bertz CT molecular complexity index is 360. The zero-order chi connectivity index (χ0) is 13.1. The van der Waals surface area contributed by atoms with E-state index in [1.807, 2.05) is 0 Å². The van der Waals surface area contributed by atoms with Gasteiger partial charge in [-0.1, -0.05) is 13.8 Å². The van der Waals surface area contributed by atoms with Crippen LogP contribution in [0, 0.1) is 11.8 Å². The molecule has 17 heavy (non-hydrogen) atoms. The first-order chi connectivity index (χ1) is 7.85. The number of rotatable bonds is 7. The van der Waals surface area contributed by atoms with Crippen LogP contribution in [-0.2, 0) is 14.6 Å². The van der Waals surface area contributed by atoms with Crippen LogP contribution in [0.25, 0.3) is 0 Å². The zero-order valence-electron chi connectivity index (χ0n) is 10.4. The van der Waals surface area contributed by atoms with Crippen molar-refractivity contribution < 1.29 is 18.3 Å². The highest BCUT2D eigenvalue weighted by Crippen LogP contribution is 2.23. The lowest BCUT2D eigenvalue weighted by atomic mass is 9.87. The van der Waals surface area contributed by atoms with E-state index in [1.54, 1.807) is 13.8 Å². The average molecular weight is 263 g/mol. The highest BCUT2D eigenvalue weighted by Gasteiger charge is 2.34. The van der Waals surface area contributed by atoms with Gasteiger partial charge in [-0.15, -0.1) is 0 Å². The monoisotopic (exact) mass is 263 g/mol. The summed E-state index contributed by atoms with van der Waals surface area (Å²) in [5.74, 6) is -0.394. The number of carbonyl (C=O) groups is 1. The van der Waals surface area contributed by atoms with Crippen LogP contribution in [0.4, 0.5) is 0 Å². The highest BCUT2D eigenvalue weighted by molar-refractivity contribution is 7.91. The summed E-state index contributed by atoms with van der Waals surface area (Å²) in [5.41, 5.74) is 0. The number of hydrogen-bond acceptors (Lipinski definition) is 4. The SMILES string of the molecule is CCS(=O)(=O)CCCN1CC(C(C)C(=O)O)C1. The smallest absolute Gasteiger partial charge is 0.306 e. The maximum absolute atomic E-state index is 11.3. The molecule has 1 aliphatic rings. The van der Waals surface area contributed by atoms with E-state index in [0.717, 1.165) is 19.6 Å². The van der Waals surface area contributed by atoms with Crippen LogP contribution >= 0.6 is 0 Å². The molecule has 1 saturated heterocycles. The summed E-state index contributed by atoms with van der Waals surface area (Å²) in [6, 6.07) is 0. The molecule has 1 fully saturated rings. The molecule has 0 radical (unpaired) electrons. The molecule has 0 spiro atoms. The van der Waals surface area contributed by atoms with Crippen LogP contribution in [0.5, 0.6) is 0 Å². The molecule has 6 heteroatoms. The number of sulfone groups is 1. The van der Waals surface area contributed by atoms with Gasteiger partial charge in [-0.05, 0) is 18.9 Å². The fraction of sp³-hybridized carbons (Fsp3) is 0.909. The summed E-state index contributed by atoms with van der Waals surface area (Å²) in [7, 11) is -2.86. The first-order valence-corrected chi connectivity index (χ1v) is 7.83. The molecule has 0 aromatic carbocycles. The first kappa shape index (κ1) is 14.4. The van der Waals surface area contributed by atoms with Crippen molar-refractivity contribution in [1.29, 1.82) is 0 Å². The van der Waals surface area contributed by atoms with Crippen molar-refractivity contribution in [1.82, 2.24) is 4.90 Å². The highest BCUT2D eigenvalue weighted by atomic mass is 32.2. The van der Waals surface area contributed by atoms with E-state index in [9.17, 15) is 13.2 Å². The Morgan fingerprint density at radius 1 is 1.47 bits per heavy atom. The Labute approximate surface area is 103 Å². The normalized spacial score (nSPS) is 19.9. The third-order valence-electron chi connectivity index (χ3n) is 3.45. The van der Waals surface area contributed by atoms with Crippen molar-refractivity contribution in [2.24, 2.45) is 11.8 Å². The third-order valence-corrected chi connectivity index (χ3v) is 5.24. The lowest BCUT2D eigenvalue weighted by Crippen LogP contribution is -2.51. The van der Waals surface area contributed by atoms with Gasteiger partial charge in [0, 0.05) is 18.8 Å². The minimum Gasteiger partial charge on any atom is -0.481 e. The Balaban J connectivity index is 2.16. The molecule has 100 valence electrons. The molecule has 1 aliphatic heterocycles. The topological polar surface area (TPSA) is 74.7 Å². The van der Waals surface area contributed by atoms with Gasteiger partial charge >= 0.3 is 5.97 Å². The number of carboxylic acids is 1. The van der Waals surface area contributed by atoms with E-state index in [-0.39, 0.29) is 23.3 Å². The molecular weight excluding hydrogens is 242 g/mol.